The van der Waals surface area contributed by atoms with Gasteiger partial charge in [-0.15, -0.1) is 0 Å². The van der Waals surface area contributed by atoms with Gasteiger partial charge in [0.15, 0.2) is 0 Å². The van der Waals surface area contributed by atoms with Gasteiger partial charge in [0.2, 0.25) is 5.88 Å². The van der Waals surface area contributed by atoms with Gasteiger partial charge in [-0.2, -0.15) is 0 Å². The number of nitrogens with two attached hydrogens (primary N) is 1. The molecule has 1 rings (SSSR count). The van der Waals surface area contributed by atoms with Crippen LogP contribution in [0, 0.1) is 0 Å². The Hall–Kier alpha value is -1.23. The molecule has 0 aromatic carbocycles. The topological polar surface area (TPSA) is 84.0 Å². The number of aromatic amines is 1. The fourth-order valence-electron chi connectivity index (χ4n) is 1.03. The zero-order chi connectivity index (χ0) is 9.30. The molecule has 0 bridgehead atoms. The van der Waals surface area contributed by atoms with E-state index in [4.69, 9.17) is 5.73 Å². The summed E-state index contributed by atoms with van der Waals surface area (Å²) >= 11 is 0. The summed E-state index contributed by atoms with van der Waals surface area (Å²) in [5, 5.41) is 11.9. The van der Waals surface area contributed by atoms with Crippen LogP contribution in [0.4, 0.5) is 0 Å². The van der Waals surface area contributed by atoms with E-state index in [9.17, 15) is 9.90 Å². The van der Waals surface area contributed by atoms with Crippen LogP contribution in [0.1, 0.15) is 25.5 Å². The first kappa shape index (κ1) is 8.86. The number of aromatic hydroxyl groups is 1. The molecule has 0 amide bonds. The van der Waals surface area contributed by atoms with Gasteiger partial charge in [-0.25, -0.2) is 0 Å². The molecule has 4 N–H and O–H groups in total. The fraction of sp³-hybridized carbons (Fsp3) is 0.571. The second-order valence-electron chi connectivity index (χ2n) is 2.91. The molecule has 0 fully saturated rings. The van der Waals surface area contributed by atoms with Crippen molar-refractivity contribution in [2.24, 2.45) is 5.73 Å². The van der Waals surface area contributed by atoms with E-state index >= 15 is 0 Å². The number of hydrogen-bond donors (Lipinski definition) is 3. The Labute approximate surface area is 69.8 Å². The summed E-state index contributed by atoms with van der Waals surface area (Å²) in [6.07, 6.45) is 0. The molecule has 5 nitrogen and oxygen atoms in total. The summed E-state index contributed by atoms with van der Waals surface area (Å²) in [5.41, 5.74) is 5.20. The monoisotopic (exact) mass is 171 g/mol. The summed E-state index contributed by atoms with van der Waals surface area (Å²) in [4.78, 5) is 11.1. The summed E-state index contributed by atoms with van der Waals surface area (Å²) in [6.45, 7) is 3.77. The van der Waals surface area contributed by atoms with Gasteiger partial charge in [-0.3, -0.25) is 14.6 Å². The molecule has 5 heteroatoms. The Bertz CT molecular complexity index is 324. The third-order valence-electron chi connectivity index (χ3n) is 1.71. The van der Waals surface area contributed by atoms with Crippen LogP contribution in [-0.4, -0.2) is 14.9 Å². The number of aromatic nitrogens is 2. The summed E-state index contributed by atoms with van der Waals surface area (Å²) in [7, 11) is 0. The lowest BCUT2D eigenvalue weighted by Gasteiger charge is -2.07. The Morgan fingerprint density at radius 2 is 2.25 bits per heavy atom. The average molecular weight is 171 g/mol. The maximum Gasteiger partial charge on any atom is 0.272 e. The van der Waals surface area contributed by atoms with Crippen molar-refractivity contribution >= 4 is 0 Å². The van der Waals surface area contributed by atoms with Crippen molar-refractivity contribution in [2.45, 2.75) is 26.4 Å². The second kappa shape index (κ2) is 3.02. The van der Waals surface area contributed by atoms with Crippen molar-refractivity contribution in [3.05, 3.63) is 15.9 Å². The second-order valence-corrected chi connectivity index (χ2v) is 2.91. The van der Waals surface area contributed by atoms with Gasteiger partial charge in [-0.1, -0.05) is 0 Å². The Morgan fingerprint density at radius 3 is 2.50 bits per heavy atom. The molecule has 0 unspecified atom stereocenters. The lowest BCUT2D eigenvalue weighted by molar-refractivity contribution is 0.373. The third-order valence-corrected chi connectivity index (χ3v) is 1.71. The van der Waals surface area contributed by atoms with Crippen molar-refractivity contribution in [3.8, 4) is 5.88 Å². The molecule has 68 valence electrons. The molecule has 0 spiro atoms. The van der Waals surface area contributed by atoms with Crippen molar-refractivity contribution in [2.75, 3.05) is 0 Å². The zero-order valence-corrected chi connectivity index (χ0v) is 7.16. The first-order chi connectivity index (χ1) is 5.57. The lowest BCUT2D eigenvalue weighted by atomic mass is 10.3. The first-order valence-electron chi connectivity index (χ1n) is 3.80. The number of nitrogens with one attached hydrogen (secondary N) is 1. The smallest absolute Gasteiger partial charge is 0.272 e. The summed E-state index contributed by atoms with van der Waals surface area (Å²) in [6, 6.07) is 0.0259. The van der Waals surface area contributed by atoms with E-state index in [0.29, 0.717) is 0 Å². The summed E-state index contributed by atoms with van der Waals surface area (Å²) < 4.78 is 1.39. The Balaban J connectivity index is 3.27. The standard InChI is InChI=1S/C7H13N3O2/c1-4(2)10-7(12)5(3-8)6(11)9-10/h4,12H,3,8H2,1-2H3,(H,9,11). The summed E-state index contributed by atoms with van der Waals surface area (Å²) in [5.74, 6) is -0.0579. The van der Waals surface area contributed by atoms with Crippen molar-refractivity contribution in [1.29, 1.82) is 0 Å². The van der Waals surface area contributed by atoms with E-state index in [1.54, 1.807) is 0 Å². The Morgan fingerprint density at radius 1 is 1.67 bits per heavy atom. The van der Waals surface area contributed by atoms with Crippen LogP contribution in [-0.2, 0) is 6.54 Å². The minimum atomic E-state index is -0.316. The normalized spacial score (nSPS) is 11.0. The van der Waals surface area contributed by atoms with Crippen molar-refractivity contribution in [1.82, 2.24) is 9.78 Å². The van der Waals surface area contributed by atoms with E-state index in [0.717, 1.165) is 0 Å². The van der Waals surface area contributed by atoms with E-state index in [-0.39, 0.29) is 29.6 Å². The van der Waals surface area contributed by atoms with Crippen LogP contribution in [0.25, 0.3) is 0 Å². The van der Waals surface area contributed by atoms with Gasteiger partial charge in [-0.05, 0) is 13.8 Å². The number of H-pyrrole nitrogens is 1. The highest BCUT2D eigenvalue weighted by Crippen LogP contribution is 2.15. The van der Waals surface area contributed by atoms with Crippen molar-refractivity contribution < 1.29 is 5.11 Å². The molecule has 0 aliphatic heterocycles. The minimum absolute atomic E-state index is 0.0259. The number of nitrogens with zero attached hydrogens (tertiary/aromatic N) is 1. The van der Waals surface area contributed by atoms with Crippen LogP contribution >= 0.6 is 0 Å². The maximum absolute atomic E-state index is 11.1. The molecule has 0 aliphatic rings. The predicted molar refractivity (Wildman–Crippen MR) is 45.0 cm³/mol. The van der Waals surface area contributed by atoms with Gasteiger partial charge < -0.3 is 10.8 Å². The highest BCUT2D eigenvalue weighted by Gasteiger charge is 2.13. The maximum atomic E-state index is 11.1. The number of hydrogen-bond acceptors (Lipinski definition) is 3. The quantitative estimate of drug-likeness (QED) is 0.582. The van der Waals surface area contributed by atoms with E-state index < -0.39 is 0 Å². The predicted octanol–water partition coefficient (Wildman–Crippen LogP) is -0.0784. The van der Waals surface area contributed by atoms with Crippen LogP contribution in [0.15, 0.2) is 4.79 Å². The molecule has 0 aliphatic carbocycles. The van der Waals surface area contributed by atoms with Crippen LogP contribution in [0.5, 0.6) is 5.88 Å². The minimum Gasteiger partial charge on any atom is -0.493 e. The van der Waals surface area contributed by atoms with Crippen LogP contribution < -0.4 is 11.3 Å². The molecular formula is C7H13N3O2. The van der Waals surface area contributed by atoms with Gasteiger partial charge in [0.1, 0.15) is 0 Å². The highest BCUT2D eigenvalue weighted by molar-refractivity contribution is 5.22. The van der Waals surface area contributed by atoms with E-state index in [1.807, 2.05) is 13.8 Å². The van der Waals surface area contributed by atoms with Gasteiger partial charge >= 0.3 is 0 Å². The highest BCUT2D eigenvalue weighted by atomic mass is 16.3. The third kappa shape index (κ3) is 1.23. The molecular weight excluding hydrogens is 158 g/mol. The first-order valence-corrected chi connectivity index (χ1v) is 3.80. The molecule has 1 aromatic rings. The van der Waals surface area contributed by atoms with E-state index in [1.165, 1.54) is 4.68 Å². The molecule has 12 heavy (non-hydrogen) atoms. The molecule has 0 saturated carbocycles. The number of rotatable bonds is 2. The van der Waals surface area contributed by atoms with Crippen LogP contribution in [0.2, 0.25) is 0 Å². The van der Waals surface area contributed by atoms with Crippen molar-refractivity contribution in [3.63, 3.8) is 0 Å². The lowest BCUT2D eigenvalue weighted by Crippen LogP contribution is -2.11. The zero-order valence-electron chi connectivity index (χ0n) is 7.16. The van der Waals surface area contributed by atoms with Gasteiger partial charge in [0.25, 0.3) is 5.56 Å². The molecule has 1 aromatic heterocycles. The SMILES string of the molecule is CC(C)n1[nH]c(=O)c(CN)c1O. The largest absolute Gasteiger partial charge is 0.493 e. The average Bonchev–Trinajstić information content (AvgIpc) is 2.27. The van der Waals surface area contributed by atoms with Gasteiger partial charge in [0, 0.05) is 12.6 Å². The molecule has 0 atom stereocenters. The molecule has 0 saturated heterocycles. The molecule has 1 heterocycles. The van der Waals surface area contributed by atoms with Gasteiger partial charge in [0.05, 0.1) is 5.56 Å². The molecule has 0 radical (unpaired) electrons. The fourth-order valence-corrected chi connectivity index (χ4v) is 1.03. The Kier molecular flexibility index (Phi) is 2.23. The van der Waals surface area contributed by atoms with E-state index in [2.05, 4.69) is 5.10 Å². The van der Waals surface area contributed by atoms with Crippen LogP contribution in [0.3, 0.4) is 0 Å².